The molecule has 0 atom stereocenters. The van der Waals surface area contributed by atoms with Crippen molar-refractivity contribution < 1.29 is 9.18 Å². The molecular weight excluding hydrogens is 449 g/mol. The molecule has 0 radical (unpaired) electrons. The number of hydrogen-bond acceptors (Lipinski definition) is 5. The third-order valence-electron chi connectivity index (χ3n) is 6.46. The molecule has 0 N–H and O–H groups in total. The monoisotopic (exact) mass is 479 g/mol. The molecule has 1 aliphatic heterocycles. The van der Waals surface area contributed by atoms with Crippen molar-refractivity contribution in [3.63, 3.8) is 0 Å². The summed E-state index contributed by atoms with van der Waals surface area (Å²) in [6.07, 6.45) is 1.58. The zero-order chi connectivity index (χ0) is 24.1. The quantitative estimate of drug-likeness (QED) is 0.475. The number of benzene rings is 1. The maximum atomic E-state index is 14.1. The highest BCUT2D eigenvalue weighted by atomic mass is 32.1. The predicted molar refractivity (Wildman–Crippen MR) is 132 cm³/mol. The van der Waals surface area contributed by atoms with E-state index >= 15 is 0 Å². The average molecular weight is 480 g/mol. The molecule has 1 saturated heterocycles. The number of piperazine rings is 1. The number of aryl methyl sites for hydroxylation is 2. The second kappa shape index (κ2) is 10.9. The molecule has 34 heavy (non-hydrogen) atoms. The molecule has 0 aliphatic carbocycles. The van der Waals surface area contributed by atoms with E-state index in [4.69, 9.17) is 5.26 Å². The normalized spacial score (nSPS) is 14.4. The van der Waals surface area contributed by atoms with Crippen LogP contribution >= 0.6 is 11.3 Å². The fraction of sp³-hybridized carbons (Fsp3) is 0.423. The van der Waals surface area contributed by atoms with Gasteiger partial charge in [-0.1, -0.05) is 18.2 Å². The number of carbonyl (C=O) groups excluding carboxylic acids is 1. The fourth-order valence-electron chi connectivity index (χ4n) is 4.50. The molecule has 1 aromatic carbocycles. The van der Waals surface area contributed by atoms with Crippen LogP contribution in [0.2, 0.25) is 0 Å². The molecule has 0 spiro atoms. The summed E-state index contributed by atoms with van der Waals surface area (Å²) in [6.45, 7) is 8.51. The van der Waals surface area contributed by atoms with Crippen LogP contribution in [0, 0.1) is 31.0 Å². The van der Waals surface area contributed by atoms with Crippen molar-refractivity contribution in [2.24, 2.45) is 0 Å². The van der Waals surface area contributed by atoms with Crippen LogP contribution in [0.4, 0.5) is 4.39 Å². The van der Waals surface area contributed by atoms with Gasteiger partial charge in [-0.2, -0.15) is 10.4 Å². The Hall–Kier alpha value is -3.02. The third kappa shape index (κ3) is 5.54. The number of halogens is 1. The van der Waals surface area contributed by atoms with Gasteiger partial charge in [0, 0.05) is 60.2 Å². The number of nitriles is 1. The third-order valence-corrected chi connectivity index (χ3v) is 7.56. The van der Waals surface area contributed by atoms with Crippen LogP contribution in [0.15, 0.2) is 36.4 Å². The number of amides is 1. The highest BCUT2D eigenvalue weighted by Crippen LogP contribution is 2.30. The van der Waals surface area contributed by atoms with Crippen LogP contribution in [0.25, 0.3) is 10.4 Å². The maximum Gasteiger partial charge on any atom is 0.222 e. The average Bonchev–Trinajstić information content (AvgIpc) is 3.40. The Morgan fingerprint density at radius 3 is 2.65 bits per heavy atom. The van der Waals surface area contributed by atoms with Gasteiger partial charge < -0.3 is 4.90 Å². The summed E-state index contributed by atoms with van der Waals surface area (Å²) in [6, 6.07) is 13.1. The van der Waals surface area contributed by atoms with Gasteiger partial charge in [0.25, 0.3) is 0 Å². The first-order valence-corrected chi connectivity index (χ1v) is 12.5. The summed E-state index contributed by atoms with van der Waals surface area (Å²) in [4.78, 5) is 19.3. The minimum absolute atomic E-state index is 0.182. The number of hydrogen-bond donors (Lipinski definition) is 0. The van der Waals surface area contributed by atoms with Gasteiger partial charge in [-0.15, -0.1) is 11.3 Å². The molecule has 6 nitrogen and oxygen atoms in total. The van der Waals surface area contributed by atoms with E-state index in [9.17, 15) is 9.18 Å². The minimum Gasteiger partial charge on any atom is -0.340 e. The first-order chi connectivity index (χ1) is 16.5. The lowest BCUT2D eigenvalue weighted by molar-refractivity contribution is -0.132. The van der Waals surface area contributed by atoms with E-state index in [-0.39, 0.29) is 11.7 Å². The second-order valence-electron chi connectivity index (χ2n) is 8.68. The van der Waals surface area contributed by atoms with Crippen molar-refractivity contribution in [3.05, 3.63) is 64.0 Å². The fourth-order valence-corrected chi connectivity index (χ4v) is 5.58. The van der Waals surface area contributed by atoms with Crippen LogP contribution in [-0.4, -0.2) is 51.7 Å². The number of thiophene rings is 1. The maximum absolute atomic E-state index is 14.1. The van der Waals surface area contributed by atoms with E-state index < -0.39 is 0 Å². The smallest absolute Gasteiger partial charge is 0.222 e. The van der Waals surface area contributed by atoms with Gasteiger partial charge in [0.05, 0.1) is 24.7 Å². The molecule has 1 fully saturated rings. The first-order valence-electron chi connectivity index (χ1n) is 11.7. The Labute approximate surface area is 204 Å². The Balaban J connectivity index is 1.26. The topological polar surface area (TPSA) is 65.2 Å². The van der Waals surface area contributed by atoms with Crippen LogP contribution in [0.3, 0.4) is 0 Å². The Morgan fingerprint density at radius 2 is 1.91 bits per heavy atom. The lowest BCUT2D eigenvalue weighted by Crippen LogP contribution is -2.48. The van der Waals surface area contributed by atoms with Crippen molar-refractivity contribution in [2.75, 3.05) is 26.2 Å². The van der Waals surface area contributed by atoms with Crippen molar-refractivity contribution in [1.82, 2.24) is 19.6 Å². The summed E-state index contributed by atoms with van der Waals surface area (Å²) in [5.41, 5.74) is 3.76. The molecular formula is C26H30FN5OS. The summed E-state index contributed by atoms with van der Waals surface area (Å²) < 4.78 is 15.9. The highest BCUT2D eigenvalue weighted by molar-refractivity contribution is 7.15. The van der Waals surface area contributed by atoms with Gasteiger partial charge in [0.1, 0.15) is 5.82 Å². The Kier molecular flexibility index (Phi) is 7.76. The van der Waals surface area contributed by atoms with Gasteiger partial charge in [-0.25, -0.2) is 4.39 Å². The molecule has 3 aromatic rings. The van der Waals surface area contributed by atoms with Crippen molar-refractivity contribution in [2.45, 2.75) is 46.2 Å². The standard InChI is InChI=1S/C26H30FN5OS/c1-19-22(20(2)32(29-19)13-5-12-28)9-11-26(33)31-16-14-30(15-17-31)18-21-8-10-25(34-21)23-6-3-4-7-24(23)27/h3-4,6-8,10H,5,9,11,13-18H2,1-2H3. The van der Waals surface area contributed by atoms with E-state index in [1.54, 1.807) is 17.4 Å². The SMILES string of the molecule is Cc1nn(CCC#N)c(C)c1CCC(=O)N1CCN(Cc2ccc(-c3ccccc3F)s2)CC1. The molecule has 2 aromatic heterocycles. The number of carbonyl (C=O) groups is 1. The molecule has 0 saturated carbocycles. The summed E-state index contributed by atoms with van der Waals surface area (Å²) in [5.74, 6) is -0.0101. The van der Waals surface area contributed by atoms with Crippen molar-refractivity contribution in [1.29, 1.82) is 5.26 Å². The van der Waals surface area contributed by atoms with Gasteiger partial charge in [-0.05, 0) is 44.0 Å². The predicted octanol–water partition coefficient (Wildman–Crippen LogP) is 4.56. The van der Waals surface area contributed by atoms with Gasteiger partial charge in [0.2, 0.25) is 5.91 Å². The van der Waals surface area contributed by atoms with Crippen LogP contribution < -0.4 is 0 Å². The van der Waals surface area contributed by atoms with Gasteiger partial charge >= 0.3 is 0 Å². The van der Waals surface area contributed by atoms with Crippen LogP contribution in [-0.2, 0) is 24.3 Å². The zero-order valence-corrected chi connectivity index (χ0v) is 20.6. The molecule has 0 unspecified atom stereocenters. The lowest BCUT2D eigenvalue weighted by atomic mass is 10.1. The van der Waals surface area contributed by atoms with Crippen LogP contribution in [0.5, 0.6) is 0 Å². The molecule has 178 valence electrons. The van der Waals surface area contributed by atoms with E-state index in [1.807, 2.05) is 41.6 Å². The first kappa shape index (κ1) is 24.1. The van der Waals surface area contributed by atoms with E-state index in [0.29, 0.717) is 31.4 Å². The molecule has 4 rings (SSSR count). The minimum atomic E-state index is -0.192. The molecule has 3 heterocycles. The van der Waals surface area contributed by atoms with Gasteiger partial charge in [0.15, 0.2) is 0 Å². The van der Waals surface area contributed by atoms with Crippen molar-refractivity contribution >= 4 is 17.2 Å². The number of rotatable bonds is 8. The zero-order valence-electron chi connectivity index (χ0n) is 19.8. The Morgan fingerprint density at radius 1 is 1.15 bits per heavy atom. The van der Waals surface area contributed by atoms with Gasteiger partial charge in [-0.3, -0.25) is 14.4 Å². The van der Waals surface area contributed by atoms with E-state index in [2.05, 4.69) is 22.1 Å². The summed E-state index contributed by atoms with van der Waals surface area (Å²) in [5, 5.41) is 13.3. The number of nitrogens with zero attached hydrogens (tertiary/aromatic N) is 5. The summed E-state index contributed by atoms with van der Waals surface area (Å²) in [7, 11) is 0. The summed E-state index contributed by atoms with van der Waals surface area (Å²) >= 11 is 1.63. The highest BCUT2D eigenvalue weighted by Gasteiger charge is 2.22. The largest absolute Gasteiger partial charge is 0.340 e. The van der Waals surface area contributed by atoms with E-state index in [0.717, 1.165) is 54.6 Å². The molecule has 0 bridgehead atoms. The molecule has 8 heteroatoms. The Bertz CT molecular complexity index is 1190. The molecule has 1 aliphatic rings. The lowest BCUT2D eigenvalue weighted by Gasteiger charge is -2.34. The van der Waals surface area contributed by atoms with Crippen LogP contribution in [0.1, 0.15) is 34.7 Å². The second-order valence-corrected chi connectivity index (χ2v) is 9.85. The van der Waals surface area contributed by atoms with Crippen molar-refractivity contribution in [3.8, 4) is 16.5 Å². The molecule has 1 amide bonds. The number of aromatic nitrogens is 2. The van der Waals surface area contributed by atoms with E-state index in [1.165, 1.54) is 10.9 Å².